The Kier molecular flexibility index (Phi) is 6.35. The second-order valence-electron chi connectivity index (χ2n) is 8.71. The fourth-order valence-corrected chi connectivity index (χ4v) is 4.91. The van der Waals surface area contributed by atoms with E-state index >= 15 is 0 Å². The lowest BCUT2D eigenvalue weighted by molar-refractivity contribution is 0.0207. The molecule has 0 bridgehead atoms. The molecule has 170 valence electrons. The number of rotatable bonds is 5. The standard InChI is InChI=1S/C20H32N8O3/c29-20(26-28-5-9-31-10-6-28)24-17-12-21-25-18(17)19-22-15-2-1-14(11-16(15)23-19)13-27-3-7-30-8-4-27/h12,14-16H,1-11,13H2,(H,21,25)(H,22,23)(H2,24,26,29). The topological polar surface area (TPSA) is 119 Å². The van der Waals surface area contributed by atoms with E-state index in [1.807, 2.05) is 5.01 Å². The number of aliphatic imine (C=N–C) groups is 1. The molecule has 0 spiro atoms. The number of urea groups is 1. The molecule has 31 heavy (non-hydrogen) atoms. The van der Waals surface area contributed by atoms with Gasteiger partial charge in [-0.3, -0.25) is 20.4 Å². The normalized spacial score (nSPS) is 29.7. The number of hydrogen-bond acceptors (Lipinski definition) is 8. The molecule has 1 aromatic rings. The van der Waals surface area contributed by atoms with Crippen LogP contribution < -0.4 is 16.1 Å². The van der Waals surface area contributed by atoms with Crippen LogP contribution in [0.15, 0.2) is 11.2 Å². The van der Waals surface area contributed by atoms with Crippen LogP contribution in [0, 0.1) is 5.92 Å². The number of nitrogens with zero attached hydrogens (tertiary/aromatic N) is 4. The van der Waals surface area contributed by atoms with E-state index in [9.17, 15) is 4.79 Å². The van der Waals surface area contributed by atoms with E-state index in [2.05, 4.69) is 31.2 Å². The molecule has 0 aromatic carbocycles. The quantitative estimate of drug-likeness (QED) is 0.517. The summed E-state index contributed by atoms with van der Waals surface area (Å²) in [5.74, 6) is 1.47. The highest BCUT2D eigenvalue weighted by molar-refractivity contribution is 6.05. The average Bonchev–Trinajstić information content (AvgIpc) is 3.41. The van der Waals surface area contributed by atoms with Gasteiger partial charge in [-0.15, -0.1) is 0 Å². The number of nitrogens with one attached hydrogen (secondary N) is 4. The Labute approximate surface area is 181 Å². The van der Waals surface area contributed by atoms with Crippen LogP contribution in [0.2, 0.25) is 0 Å². The van der Waals surface area contributed by atoms with Crippen molar-refractivity contribution in [2.24, 2.45) is 10.9 Å². The number of aromatic amines is 1. The Morgan fingerprint density at radius 2 is 1.90 bits per heavy atom. The SMILES string of the molecule is O=C(Nc1cn[nH]c1C1=NC2CCC(CN3CCOCC3)CC2N1)NN1CCOCC1. The molecule has 3 aliphatic heterocycles. The Balaban J connectivity index is 1.16. The van der Waals surface area contributed by atoms with E-state index in [0.717, 1.165) is 57.2 Å². The van der Waals surface area contributed by atoms with Gasteiger partial charge >= 0.3 is 6.03 Å². The van der Waals surface area contributed by atoms with Crippen molar-refractivity contribution < 1.29 is 14.3 Å². The Morgan fingerprint density at radius 3 is 2.71 bits per heavy atom. The molecule has 3 fully saturated rings. The fourth-order valence-electron chi connectivity index (χ4n) is 4.91. The van der Waals surface area contributed by atoms with Crippen molar-refractivity contribution in [1.82, 2.24) is 30.8 Å². The summed E-state index contributed by atoms with van der Waals surface area (Å²) in [6.07, 6.45) is 5.03. The minimum absolute atomic E-state index is 0.286. The van der Waals surface area contributed by atoms with Crippen LogP contribution in [0.25, 0.3) is 0 Å². The second-order valence-corrected chi connectivity index (χ2v) is 8.71. The number of carbonyl (C=O) groups excluding carboxylic acids is 1. The Hall–Kier alpha value is -2.21. The zero-order valence-electron chi connectivity index (χ0n) is 17.8. The first-order valence-electron chi connectivity index (χ1n) is 11.3. The lowest BCUT2D eigenvalue weighted by Gasteiger charge is -2.35. The summed E-state index contributed by atoms with van der Waals surface area (Å²) in [4.78, 5) is 19.9. The summed E-state index contributed by atoms with van der Waals surface area (Å²) in [5.41, 5.74) is 4.22. The Bertz CT molecular complexity index is 787. The molecule has 2 amide bonds. The molecule has 1 saturated carbocycles. The van der Waals surface area contributed by atoms with Crippen LogP contribution in [-0.4, -0.2) is 103 Å². The summed E-state index contributed by atoms with van der Waals surface area (Å²) in [6, 6.07) is 0.341. The number of fused-ring (bicyclic) bond motifs is 1. The van der Waals surface area contributed by atoms with Crippen molar-refractivity contribution in [1.29, 1.82) is 0 Å². The van der Waals surface area contributed by atoms with E-state index in [1.165, 1.54) is 6.42 Å². The van der Waals surface area contributed by atoms with Gasteiger partial charge in [-0.25, -0.2) is 9.80 Å². The number of morpholine rings is 2. The van der Waals surface area contributed by atoms with E-state index < -0.39 is 0 Å². The highest BCUT2D eigenvalue weighted by Crippen LogP contribution is 2.31. The predicted molar refractivity (Wildman–Crippen MR) is 115 cm³/mol. The third-order valence-electron chi connectivity index (χ3n) is 6.55. The lowest BCUT2D eigenvalue weighted by atomic mass is 9.83. The van der Waals surface area contributed by atoms with Gasteiger partial charge < -0.3 is 20.1 Å². The third-order valence-corrected chi connectivity index (χ3v) is 6.55. The first-order chi connectivity index (χ1) is 15.2. The van der Waals surface area contributed by atoms with Crippen LogP contribution in [0.1, 0.15) is 25.0 Å². The molecule has 4 N–H and O–H groups in total. The number of H-pyrrole nitrogens is 1. The van der Waals surface area contributed by atoms with Gasteiger partial charge in [0.1, 0.15) is 11.5 Å². The number of hydrogen-bond donors (Lipinski definition) is 4. The van der Waals surface area contributed by atoms with Gasteiger partial charge in [0.05, 0.1) is 50.4 Å². The maximum absolute atomic E-state index is 12.4. The van der Waals surface area contributed by atoms with Gasteiger partial charge in [0.15, 0.2) is 0 Å². The minimum atomic E-state index is -0.286. The molecular formula is C20H32N8O3. The first kappa shape index (κ1) is 20.7. The van der Waals surface area contributed by atoms with Gasteiger partial charge in [0.2, 0.25) is 0 Å². The first-order valence-corrected chi connectivity index (χ1v) is 11.3. The molecule has 1 aliphatic carbocycles. The number of carbonyl (C=O) groups is 1. The molecule has 0 radical (unpaired) electrons. The largest absolute Gasteiger partial charge is 0.379 e. The van der Waals surface area contributed by atoms with E-state index in [0.29, 0.717) is 44.0 Å². The minimum Gasteiger partial charge on any atom is -0.379 e. The van der Waals surface area contributed by atoms with Crippen LogP contribution in [-0.2, 0) is 9.47 Å². The highest BCUT2D eigenvalue weighted by Gasteiger charge is 2.37. The number of anilines is 1. The smallest absolute Gasteiger partial charge is 0.333 e. The summed E-state index contributed by atoms with van der Waals surface area (Å²) in [5, 5.41) is 15.5. The number of amidine groups is 1. The fraction of sp³-hybridized carbons (Fsp3) is 0.750. The highest BCUT2D eigenvalue weighted by atomic mass is 16.5. The molecule has 4 aliphatic rings. The van der Waals surface area contributed by atoms with Crippen molar-refractivity contribution in [3.05, 3.63) is 11.9 Å². The molecule has 3 unspecified atom stereocenters. The lowest BCUT2D eigenvalue weighted by Crippen LogP contribution is -2.49. The number of amides is 2. The molecule has 4 heterocycles. The second kappa shape index (κ2) is 9.51. The number of hydrazine groups is 1. The van der Waals surface area contributed by atoms with Gasteiger partial charge in [-0.2, -0.15) is 5.10 Å². The maximum Gasteiger partial charge on any atom is 0.333 e. The van der Waals surface area contributed by atoms with E-state index in [1.54, 1.807) is 6.20 Å². The van der Waals surface area contributed by atoms with E-state index in [4.69, 9.17) is 14.5 Å². The van der Waals surface area contributed by atoms with Crippen molar-refractivity contribution in [2.45, 2.75) is 31.3 Å². The molecule has 11 heteroatoms. The van der Waals surface area contributed by atoms with Gasteiger partial charge in [0, 0.05) is 32.7 Å². The van der Waals surface area contributed by atoms with Crippen molar-refractivity contribution in [2.75, 3.05) is 64.5 Å². The summed E-state index contributed by atoms with van der Waals surface area (Å²) >= 11 is 0. The number of ether oxygens (including phenoxy) is 2. The molecule has 5 rings (SSSR count). The van der Waals surface area contributed by atoms with Crippen LogP contribution >= 0.6 is 0 Å². The molecule has 3 atom stereocenters. The van der Waals surface area contributed by atoms with Gasteiger partial charge in [0.25, 0.3) is 0 Å². The molecule has 11 nitrogen and oxygen atoms in total. The average molecular weight is 433 g/mol. The van der Waals surface area contributed by atoms with Crippen molar-refractivity contribution >= 4 is 17.6 Å². The predicted octanol–water partition coefficient (Wildman–Crippen LogP) is -0.00230. The molecule has 1 aromatic heterocycles. The maximum atomic E-state index is 12.4. The summed E-state index contributed by atoms with van der Waals surface area (Å²) in [7, 11) is 0. The van der Waals surface area contributed by atoms with Crippen molar-refractivity contribution in [3.63, 3.8) is 0 Å². The number of aromatic nitrogens is 2. The van der Waals surface area contributed by atoms with Crippen LogP contribution in [0.5, 0.6) is 0 Å². The third kappa shape index (κ3) is 5.00. The zero-order valence-corrected chi connectivity index (χ0v) is 17.8. The van der Waals surface area contributed by atoms with Crippen LogP contribution in [0.3, 0.4) is 0 Å². The van der Waals surface area contributed by atoms with Gasteiger partial charge in [-0.1, -0.05) is 0 Å². The Morgan fingerprint density at radius 1 is 1.13 bits per heavy atom. The van der Waals surface area contributed by atoms with Crippen molar-refractivity contribution in [3.8, 4) is 0 Å². The van der Waals surface area contributed by atoms with Gasteiger partial charge in [-0.05, 0) is 25.2 Å². The summed E-state index contributed by atoms with van der Waals surface area (Å²) in [6.45, 7) is 7.50. The zero-order chi connectivity index (χ0) is 21.0. The molecule has 2 saturated heterocycles. The van der Waals surface area contributed by atoms with E-state index in [-0.39, 0.29) is 12.1 Å². The monoisotopic (exact) mass is 432 g/mol. The van der Waals surface area contributed by atoms with Crippen LogP contribution in [0.4, 0.5) is 10.5 Å². The molecular weight excluding hydrogens is 400 g/mol. The summed E-state index contributed by atoms with van der Waals surface area (Å²) < 4.78 is 10.8.